The number of amides is 1. The Kier molecular flexibility index (Phi) is 5.18. The van der Waals surface area contributed by atoms with E-state index < -0.39 is 0 Å². The van der Waals surface area contributed by atoms with Crippen molar-refractivity contribution >= 4 is 5.91 Å². The number of hydrogen-bond donors (Lipinski definition) is 1. The van der Waals surface area contributed by atoms with E-state index in [0.717, 1.165) is 12.8 Å². The average molecular weight is 230 g/mol. The van der Waals surface area contributed by atoms with E-state index >= 15 is 0 Å². The third-order valence-corrected chi connectivity index (χ3v) is 3.12. The molecule has 1 aliphatic rings. The van der Waals surface area contributed by atoms with Gasteiger partial charge in [0.1, 0.15) is 0 Å². The zero-order valence-electron chi connectivity index (χ0n) is 10.2. The Morgan fingerprint density at radius 2 is 1.75 bits per heavy atom. The fourth-order valence-electron chi connectivity index (χ4n) is 1.71. The molecule has 1 amide bonds. The Bertz CT molecular complexity index is 221. The standard InChI is InChI=1S/C11H22N2O3/c1-15-7-5-13(6-8-16-2)10(14)11(9-12)3-4-11/h3-9,12H2,1-2H3. The van der Waals surface area contributed by atoms with Crippen LogP contribution >= 0.6 is 0 Å². The Morgan fingerprint density at radius 3 is 2.06 bits per heavy atom. The van der Waals surface area contributed by atoms with E-state index in [0.29, 0.717) is 32.8 Å². The number of carbonyl (C=O) groups is 1. The summed E-state index contributed by atoms with van der Waals surface area (Å²) < 4.78 is 10.0. The lowest BCUT2D eigenvalue weighted by Crippen LogP contribution is -2.43. The van der Waals surface area contributed by atoms with Crippen molar-refractivity contribution in [2.24, 2.45) is 11.1 Å². The van der Waals surface area contributed by atoms with Crippen LogP contribution in [0.5, 0.6) is 0 Å². The van der Waals surface area contributed by atoms with Crippen molar-refractivity contribution in [2.45, 2.75) is 12.8 Å². The summed E-state index contributed by atoms with van der Waals surface area (Å²) in [6.45, 7) is 2.77. The van der Waals surface area contributed by atoms with Crippen molar-refractivity contribution < 1.29 is 14.3 Å². The maximum absolute atomic E-state index is 12.2. The molecule has 0 spiro atoms. The van der Waals surface area contributed by atoms with Gasteiger partial charge in [-0.1, -0.05) is 0 Å². The first-order valence-electron chi connectivity index (χ1n) is 5.67. The summed E-state index contributed by atoms with van der Waals surface area (Å²) in [4.78, 5) is 14.0. The molecule has 0 saturated heterocycles. The fourth-order valence-corrected chi connectivity index (χ4v) is 1.71. The van der Waals surface area contributed by atoms with Crippen LogP contribution in [0.1, 0.15) is 12.8 Å². The lowest BCUT2D eigenvalue weighted by atomic mass is 10.1. The van der Waals surface area contributed by atoms with E-state index in [1.54, 1.807) is 19.1 Å². The molecule has 0 unspecified atom stereocenters. The molecule has 1 rings (SSSR count). The van der Waals surface area contributed by atoms with E-state index in [4.69, 9.17) is 15.2 Å². The minimum atomic E-state index is -0.276. The predicted octanol–water partition coefficient (Wildman–Crippen LogP) is -0.153. The van der Waals surface area contributed by atoms with Gasteiger partial charge < -0.3 is 20.1 Å². The first kappa shape index (κ1) is 13.4. The minimum absolute atomic E-state index is 0.157. The van der Waals surface area contributed by atoms with Gasteiger partial charge in [0.25, 0.3) is 0 Å². The van der Waals surface area contributed by atoms with Crippen LogP contribution in [0.15, 0.2) is 0 Å². The summed E-state index contributed by atoms with van der Waals surface area (Å²) in [6, 6.07) is 0. The van der Waals surface area contributed by atoms with Gasteiger partial charge in [-0.25, -0.2) is 0 Å². The van der Waals surface area contributed by atoms with Gasteiger partial charge in [-0.3, -0.25) is 4.79 Å². The molecule has 0 radical (unpaired) electrons. The fraction of sp³-hybridized carbons (Fsp3) is 0.909. The van der Waals surface area contributed by atoms with E-state index in [9.17, 15) is 4.79 Å². The normalized spacial score (nSPS) is 17.2. The molecule has 1 fully saturated rings. The monoisotopic (exact) mass is 230 g/mol. The van der Waals surface area contributed by atoms with E-state index in [2.05, 4.69) is 0 Å². The second-order valence-corrected chi connectivity index (χ2v) is 4.26. The molecule has 94 valence electrons. The summed E-state index contributed by atoms with van der Waals surface area (Å²) in [5.41, 5.74) is 5.38. The van der Waals surface area contributed by atoms with Crippen molar-refractivity contribution in [1.29, 1.82) is 0 Å². The first-order chi connectivity index (χ1) is 7.70. The molecule has 0 bridgehead atoms. The van der Waals surface area contributed by atoms with Crippen LogP contribution in [0, 0.1) is 5.41 Å². The van der Waals surface area contributed by atoms with Crippen LogP contribution in [0.2, 0.25) is 0 Å². The highest BCUT2D eigenvalue weighted by Crippen LogP contribution is 2.46. The average Bonchev–Trinajstić information content (AvgIpc) is 3.09. The number of carbonyl (C=O) groups excluding carboxylic acids is 1. The molecule has 0 atom stereocenters. The molecular formula is C11H22N2O3. The molecule has 0 aromatic carbocycles. The summed E-state index contributed by atoms with van der Waals surface area (Å²) in [5.74, 6) is 0.157. The van der Waals surface area contributed by atoms with Gasteiger partial charge in [-0.2, -0.15) is 0 Å². The van der Waals surface area contributed by atoms with Crippen LogP contribution in [-0.2, 0) is 14.3 Å². The topological polar surface area (TPSA) is 64.8 Å². The predicted molar refractivity (Wildman–Crippen MR) is 61.1 cm³/mol. The number of nitrogens with two attached hydrogens (primary N) is 1. The van der Waals surface area contributed by atoms with E-state index in [-0.39, 0.29) is 11.3 Å². The number of hydrogen-bond acceptors (Lipinski definition) is 4. The van der Waals surface area contributed by atoms with Crippen molar-refractivity contribution in [3.05, 3.63) is 0 Å². The largest absolute Gasteiger partial charge is 0.383 e. The van der Waals surface area contributed by atoms with Crippen molar-refractivity contribution in [2.75, 3.05) is 47.1 Å². The van der Waals surface area contributed by atoms with Gasteiger partial charge in [0.05, 0.1) is 18.6 Å². The lowest BCUT2D eigenvalue weighted by molar-refractivity contribution is -0.138. The summed E-state index contributed by atoms with van der Waals surface area (Å²) in [7, 11) is 3.27. The Labute approximate surface area is 96.9 Å². The second kappa shape index (κ2) is 6.18. The zero-order valence-corrected chi connectivity index (χ0v) is 10.2. The second-order valence-electron chi connectivity index (χ2n) is 4.26. The van der Waals surface area contributed by atoms with Crippen LogP contribution in [0.25, 0.3) is 0 Å². The van der Waals surface area contributed by atoms with Crippen LogP contribution < -0.4 is 5.73 Å². The quantitative estimate of drug-likeness (QED) is 0.629. The SMILES string of the molecule is COCCN(CCOC)C(=O)C1(CN)CC1. The van der Waals surface area contributed by atoms with Gasteiger partial charge in [0.15, 0.2) is 0 Å². The smallest absolute Gasteiger partial charge is 0.230 e. The molecule has 1 aliphatic carbocycles. The van der Waals surface area contributed by atoms with Crippen molar-refractivity contribution in [3.8, 4) is 0 Å². The van der Waals surface area contributed by atoms with Crippen molar-refractivity contribution in [3.63, 3.8) is 0 Å². The van der Waals surface area contributed by atoms with E-state index in [1.165, 1.54) is 0 Å². The Morgan fingerprint density at radius 1 is 1.25 bits per heavy atom. The lowest BCUT2D eigenvalue weighted by Gasteiger charge is -2.26. The van der Waals surface area contributed by atoms with Gasteiger partial charge in [0, 0.05) is 33.9 Å². The molecule has 16 heavy (non-hydrogen) atoms. The van der Waals surface area contributed by atoms with Gasteiger partial charge in [-0.15, -0.1) is 0 Å². The first-order valence-corrected chi connectivity index (χ1v) is 5.67. The number of nitrogens with zero attached hydrogens (tertiary/aromatic N) is 1. The molecule has 1 saturated carbocycles. The number of rotatable bonds is 8. The maximum Gasteiger partial charge on any atom is 0.230 e. The van der Waals surface area contributed by atoms with Crippen molar-refractivity contribution in [1.82, 2.24) is 4.90 Å². The third-order valence-electron chi connectivity index (χ3n) is 3.12. The number of methoxy groups -OCH3 is 2. The zero-order chi connectivity index (χ0) is 12.0. The molecular weight excluding hydrogens is 208 g/mol. The number of ether oxygens (including phenoxy) is 2. The highest BCUT2D eigenvalue weighted by atomic mass is 16.5. The summed E-state index contributed by atoms with van der Waals surface area (Å²) >= 11 is 0. The molecule has 5 nitrogen and oxygen atoms in total. The van der Waals surface area contributed by atoms with Crippen LogP contribution in [-0.4, -0.2) is 57.9 Å². The highest BCUT2D eigenvalue weighted by Gasteiger charge is 2.50. The van der Waals surface area contributed by atoms with Crippen LogP contribution in [0.4, 0.5) is 0 Å². The molecule has 0 aliphatic heterocycles. The third kappa shape index (κ3) is 3.17. The Hall–Kier alpha value is -0.650. The summed E-state index contributed by atoms with van der Waals surface area (Å²) in [5, 5.41) is 0. The van der Waals surface area contributed by atoms with Crippen LogP contribution in [0.3, 0.4) is 0 Å². The highest BCUT2D eigenvalue weighted by molar-refractivity contribution is 5.85. The molecule has 5 heteroatoms. The Balaban J connectivity index is 2.49. The molecule has 2 N–H and O–H groups in total. The van der Waals surface area contributed by atoms with Gasteiger partial charge >= 0.3 is 0 Å². The van der Waals surface area contributed by atoms with Gasteiger partial charge in [0.2, 0.25) is 5.91 Å². The summed E-state index contributed by atoms with van der Waals surface area (Å²) in [6.07, 6.45) is 1.83. The molecule has 0 heterocycles. The maximum atomic E-state index is 12.2. The molecule has 0 aromatic rings. The van der Waals surface area contributed by atoms with Gasteiger partial charge in [-0.05, 0) is 12.8 Å². The minimum Gasteiger partial charge on any atom is -0.383 e. The van der Waals surface area contributed by atoms with E-state index in [1.807, 2.05) is 0 Å². The molecule has 0 aromatic heterocycles.